The molecule has 4 N–H and O–H groups in total. The minimum atomic E-state index is -0.301. The van der Waals surface area contributed by atoms with Gasteiger partial charge in [-0.25, -0.2) is 4.79 Å². The molecule has 0 spiro atoms. The van der Waals surface area contributed by atoms with Crippen molar-refractivity contribution in [2.24, 2.45) is 11.5 Å². The summed E-state index contributed by atoms with van der Waals surface area (Å²) in [6.45, 7) is 0. The summed E-state index contributed by atoms with van der Waals surface area (Å²) in [5.41, 5.74) is 9.12. The summed E-state index contributed by atoms with van der Waals surface area (Å²) < 4.78 is 0. The number of hydrogen-bond donors (Lipinski definition) is 2. The molecule has 0 saturated heterocycles. The Balaban J connectivity index is 3.60. The Morgan fingerprint density at radius 3 is 1.80 bits per heavy atom. The van der Waals surface area contributed by atoms with Gasteiger partial charge in [0.2, 0.25) is 0 Å². The van der Waals surface area contributed by atoms with Crippen molar-refractivity contribution in [2.75, 3.05) is 0 Å². The molecule has 0 aromatic carbocycles. The van der Waals surface area contributed by atoms with E-state index in [-0.39, 0.29) is 5.82 Å². The van der Waals surface area contributed by atoms with Gasteiger partial charge in [-0.3, -0.25) is 0 Å². The van der Waals surface area contributed by atoms with Crippen LogP contribution in [-0.4, -0.2) is 5.94 Å². The smallest absolute Gasteiger partial charge is 0.181 e. The van der Waals surface area contributed by atoms with E-state index < -0.39 is 0 Å². The zero-order valence-electron chi connectivity index (χ0n) is 2.56. The molecule has 3 nitrogen and oxygen atoms in total. The fourth-order valence-electron chi connectivity index (χ4n) is 0. The molecule has 0 aliphatic heterocycles. The average Bonchev–Trinajstić information content (AvgIpc) is 1.38. The second-order valence-electron chi connectivity index (χ2n) is 0.557. The predicted molar refractivity (Wildman–Crippen MR) is 17.6 cm³/mol. The maximum atomic E-state index is 9.09. The minimum absolute atomic E-state index is 0.301. The second-order valence-corrected chi connectivity index (χ2v) is 0.557. The van der Waals surface area contributed by atoms with Gasteiger partial charge in [-0.2, -0.15) is 0 Å². The molecular weight excluding hydrogens is 68.0 g/mol. The van der Waals surface area contributed by atoms with Crippen LogP contribution in [0, 0.1) is 0 Å². The van der Waals surface area contributed by atoms with Gasteiger partial charge in [0.1, 0.15) is 0 Å². The summed E-state index contributed by atoms with van der Waals surface area (Å²) >= 11 is 0. The van der Waals surface area contributed by atoms with Gasteiger partial charge in [-0.1, -0.05) is 0 Å². The first kappa shape index (κ1) is 4.05. The Hall–Kier alpha value is -0.950. The van der Waals surface area contributed by atoms with E-state index in [9.17, 15) is 0 Å². The largest absolute Gasteiger partial charge is 0.376 e. The van der Waals surface area contributed by atoms with Crippen molar-refractivity contribution in [1.29, 1.82) is 0 Å². The first-order valence-electron chi connectivity index (χ1n) is 1.03. The standard InChI is InChI=1S/C2H4N2O/c3-2(4)1-5/h3-4H2. The average molecular weight is 72.1 g/mol. The van der Waals surface area contributed by atoms with Crippen LogP contribution in [0.4, 0.5) is 0 Å². The van der Waals surface area contributed by atoms with Crippen LogP contribution < -0.4 is 11.5 Å². The van der Waals surface area contributed by atoms with Gasteiger partial charge < -0.3 is 11.5 Å². The molecule has 0 bridgehead atoms. The Morgan fingerprint density at radius 2 is 1.80 bits per heavy atom. The molecule has 3 heteroatoms. The summed E-state index contributed by atoms with van der Waals surface area (Å²) in [5, 5.41) is 0. The van der Waals surface area contributed by atoms with Gasteiger partial charge in [-0.15, -0.1) is 0 Å². The number of nitrogens with two attached hydrogens (primary N) is 2. The normalized spacial score (nSPS) is 5.60. The quantitative estimate of drug-likeness (QED) is 0.345. The third-order valence-electron chi connectivity index (χ3n) is 0.118. The lowest BCUT2D eigenvalue weighted by molar-refractivity contribution is 0.566. The van der Waals surface area contributed by atoms with Gasteiger partial charge in [0.15, 0.2) is 11.8 Å². The Kier molecular flexibility index (Phi) is 1.12. The summed E-state index contributed by atoms with van der Waals surface area (Å²) in [7, 11) is 0. The van der Waals surface area contributed by atoms with Crippen LogP contribution >= 0.6 is 0 Å². The zero-order valence-corrected chi connectivity index (χ0v) is 2.56. The van der Waals surface area contributed by atoms with Crippen LogP contribution in [0.1, 0.15) is 0 Å². The molecule has 0 atom stereocenters. The van der Waals surface area contributed by atoms with Gasteiger partial charge in [-0.05, 0) is 0 Å². The van der Waals surface area contributed by atoms with Crippen LogP contribution in [0.15, 0.2) is 5.82 Å². The van der Waals surface area contributed by atoms with Crippen molar-refractivity contribution >= 4 is 5.94 Å². The van der Waals surface area contributed by atoms with Crippen LogP contribution in [0.5, 0.6) is 0 Å². The Morgan fingerprint density at radius 1 is 1.60 bits per heavy atom. The summed E-state index contributed by atoms with van der Waals surface area (Å²) in [6.07, 6.45) is 0. The van der Waals surface area contributed by atoms with Crippen molar-refractivity contribution in [1.82, 2.24) is 0 Å². The van der Waals surface area contributed by atoms with E-state index in [0.717, 1.165) is 0 Å². The fourth-order valence-corrected chi connectivity index (χ4v) is 0. The number of hydrogen-bond acceptors (Lipinski definition) is 3. The molecular formula is C2H4N2O. The number of rotatable bonds is 0. The molecule has 0 saturated carbocycles. The molecule has 0 aromatic heterocycles. The molecule has 0 heterocycles. The zero-order chi connectivity index (χ0) is 4.28. The Bertz CT molecular complexity index is 67.7. The molecule has 0 fully saturated rings. The van der Waals surface area contributed by atoms with Crippen molar-refractivity contribution in [2.45, 2.75) is 0 Å². The molecule has 0 aromatic rings. The highest BCUT2D eigenvalue weighted by Gasteiger charge is 1.61. The lowest BCUT2D eigenvalue weighted by Gasteiger charge is -1.68. The van der Waals surface area contributed by atoms with Crippen LogP contribution in [0.3, 0.4) is 0 Å². The first-order valence-corrected chi connectivity index (χ1v) is 1.03. The van der Waals surface area contributed by atoms with E-state index in [0.29, 0.717) is 0 Å². The fraction of sp³-hybridized carbons (Fsp3) is 0. The molecule has 0 amide bonds. The van der Waals surface area contributed by atoms with Gasteiger partial charge in [0.05, 0.1) is 0 Å². The highest BCUT2D eigenvalue weighted by molar-refractivity contribution is 5.48. The van der Waals surface area contributed by atoms with Crippen LogP contribution in [0.25, 0.3) is 0 Å². The van der Waals surface area contributed by atoms with E-state index in [1.807, 2.05) is 0 Å². The monoisotopic (exact) mass is 72.0 g/mol. The van der Waals surface area contributed by atoms with Crippen molar-refractivity contribution in [3.05, 3.63) is 5.82 Å². The summed E-state index contributed by atoms with van der Waals surface area (Å²) in [5.74, 6) is 0.949. The lowest BCUT2D eigenvalue weighted by atomic mass is 10.9. The van der Waals surface area contributed by atoms with E-state index in [2.05, 4.69) is 11.5 Å². The van der Waals surface area contributed by atoms with E-state index in [1.54, 1.807) is 0 Å². The number of carbonyl (C=O) groups excluding carboxylic acids is 1. The third kappa shape index (κ3) is 3.05. The maximum Gasteiger partial charge on any atom is 0.181 e. The molecule has 0 unspecified atom stereocenters. The van der Waals surface area contributed by atoms with E-state index in [1.165, 1.54) is 5.94 Å². The molecule has 0 aliphatic carbocycles. The lowest BCUT2D eigenvalue weighted by Crippen LogP contribution is -2.07. The first-order chi connectivity index (χ1) is 2.27. The van der Waals surface area contributed by atoms with Gasteiger partial charge in [0.25, 0.3) is 0 Å². The molecule has 0 rings (SSSR count). The molecule has 0 radical (unpaired) electrons. The van der Waals surface area contributed by atoms with E-state index >= 15 is 0 Å². The molecule has 28 valence electrons. The van der Waals surface area contributed by atoms with Gasteiger partial charge >= 0.3 is 0 Å². The Labute approximate surface area is 29.3 Å². The topological polar surface area (TPSA) is 69.1 Å². The highest BCUT2D eigenvalue weighted by Crippen LogP contribution is 1.37. The van der Waals surface area contributed by atoms with Crippen molar-refractivity contribution in [3.8, 4) is 0 Å². The maximum absolute atomic E-state index is 9.09. The molecule has 0 aliphatic rings. The van der Waals surface area contributed by atoms with Crippen LogP contribution in [0.2, 0.25) is 0 Å². The predicted octanol–water partition coefficient (Wildman–Crippen LogP) is -1.42. The van der Waals surface area contributed by atoms with Crippen molar-refractivity contribution < 1.29 is 4.79 Å². The summed E-state index contributed by atoms with van der Waals surface area (Å²) in [4.78, 5) is 9.09. The SMILES string of the molecule is NC(N)=C=O. The minimum Gasteiger partial charge on any atom is -0.376 e. The van der Waals surface area contributed by atoms with Crippen LogP contribution in [-0.2, 0) is 4.79 Å². The van der Waals surface area contributed by atoms with E-state index in [4.69, 9.17) is 4.79 Å². The van der Waals surface area contributed by atoms with Crippen molar-refractivity contribution in [3.63, 3.8) is 0 Å². The third-order valence-corrected chi connectivity index (χ3v) is 0.118. The molecule has 5 heavy (non-hydrogen) atoms. The van der Waals surface area contributed by atoms with Gasteiger partial charge in [0, 0.05) is 0 Å². The highest BCUT2D eigenvalue weighted by atomic mass is 16.1. The summed E-state index contributed by atoms with van der Waals surface area (Å²) in [6, 6.07) is 0. The second kappa shape index (κ2) is 1.38.